The van der Waals surface area contributed by atoms with E-state index in [4.69, 9.17) is 14.5 Å². The minimum absolute atomic E-state index is 0.0167. The molecule has 27 heavy (non-hydrogen) atoms. The van der Waals surface area contributed by atoms with Crippen molar-refractivity contribution in [3.05, 3.63) is 23.8 Å². The maximum Gasteiger partial charge on any atom is 0.191 e. The lowest BCUT2D eigenvalue weighted by molar-refractivity contribution is 0.00715. The molecule has 1 aromatic rings. The summed E-state index contributed by atoms with van der Waals surface area (Å²) in [6, 6.07) is 5.76. The molecule has 6 nitrogen and oxygen atoms in total. The quantitative estimate of drug-likeness (QED) is 0.502. The smallest absolute Gasteiger partial charge is 0.191 e. The van der Waals surface area contributed by atoms with Crippen LogP contribution in [0.3, 0.4) is 0 Å². The Bertz CT molecular complexity index is 635. The highest BCUT2D eigenvalue weighted by atomic mass is 16.5. The monoisotopic (exact) mass is 377 g/mol. The number of hydrogen-bond acceptors (Lipinski definition) is 4. The molecule has 6 heteroatoms. The summed E-state index contributed by atoms with van der Waals surface area (Å²) in [4.78, 5) is 4.79. The first kappa shape index (κ1) is 21.4. The van der Waals surface area contributed by atoms with Gasteiger partial charge in [0.15, 0.2) is 5.96 Å². The molecule has 2 rings (SSSR count). The molecule has 152 valence electrons. The van der Waals surface area contributed by atoms with Crippen molar-refractivity contribution in [3.63, 3.8) is 0 Å². The lowest BCUT2D eigenvalue weighted by atomic mass is 9.73. The van der Waals surface area contributed by atoms with Crippen molar-refractivity contribution < 1.29 is 14.6 Å². The normalized spacial score (nSPS) is 24.2. The summed E-state index contributed by atoms with van der Waals surface area (Å²) in [5.41, 5.74) is 0.851. The zero-order valence-electron chi connectivity index (χ0n) is 17.3. The Labute approximate surface area is 163 Å². The van der Waals surface area contributed by atoms with Gasteiger partial charge in [-0.3, -0.25) is 4.99 Å². The summed E-state index contributed by atoms with van der Waals surface area (Å²) in [6.45, 7) is 7.63. The number of ether oxygens (including phenoxy) is 2. The van der Waals surface area contributed by atoms with Gasteiger partial charge >= 0.3 is 0 Å². The summed E-state index contributed by atoms with van der Waals surface area (Å²) in [5.74, 6) is 2.34. The molecule has 0 aliphatic heterocycles. The summed E-state index contributed by atoms with van der Waals surface area (Å²) in [7, 11) is 3.33. The van der Waals surface area contributed by atoms with Gasteiger partial charge in [-0.2, -0.15) is 0 Å². The minimum atomic E-state index is -0.284. The number of nitrogens with zero attached hydrogens (tertiary/aromatic N) is 1. The van der Waals surface area contributed by atoms with Crippen LogP contribution in [0.2, 0.25) is 0 Å². The number of nitrogens with one attached hydrogen (secondary N) is 2. The molecular formula is C21H35N3O3. The van der Waals surface area contributed by atoms with Crippen LogP contribution in [0.15, 0.2) is 23.2 Å². The van der Waals surface area contributed by atoms with Crippen molar-refractivity contribution in [2.75, 3.05) is 27.3 Å². The Balaban J connectivity index is 2.15. The van der Waals surface area contributed by atoms with Crippen LogP contribution in [0.25, 0.3) is 0 Å². The van der Waals surface area contributed by atoms with Crippen LogP contribution in [0.4, 0.5) is 0 Å². The van der Waals surface area contributed by atoms with E-state index in [1.165, 1.54) is 0 Å². The molecule has 3 unspecified atom stereocenters. The largest absolute Gasteiger partial charge is 0.497 e. The van der Waals surface area contributed by atoms with Crippen molar-refractivity contribution in [1.29, 1.82) is 0 Å². The average molecular weight is 378 g/mol. The van der Waals surface area contributed by atoms with Crippen LogP contribution in [-0.4, -0.2) is 44.5 Å². The van der Waals surface area contributed by atoms with Gasteiger partial charge in [-0.15, -0.1) is 0 Å². The van der Waals surface area contributed by atoms with Crippen molar-refractivity contribution in [2.24, 2.45) is 10.4 Å². The van der Waals surface area contributed by atoms with Gasteiger partial charge in [-0.1, -0.05) is 19.8 Å². The van der Waals surface area contributed by atoms with E-state index >= 15 is 0 Å². The summed E-state index contributed by atoms with van der Waals surface area (Å²) < 4.78 is 10.9. The molecule has 1 fully saturated rings. The molecule has 3 N–H and O–H groups in total. The molecule has 1 saturated carbocycles. The number of hydrogen-bond donors (Lipinski definition) is 3. The molecule has 1 aliphatic rings. The molecule has 0 bridgehead atoms. The van der Waals surface area contributed by atoms with Gasteiger partial charge < -0.3 is 25.2 Å². The van der Waals surface area contributed by atoms with Crippen molar-refractivity contribution in [3.8, 4) is 11.5 Å². The third kappa shape index (κ3) is 5.51. The second-order valence-corrected chi connectivity index (χ2v) is 7.58. The van der Waals surface area contributed by atoms with Gasteiger partial charge in [0.2, 0.25) is 0 Å². The van der Waals surface area contributed by atoms with Gasteiger partial charge in [0.25, 0.3) is 0 Å². The van der Waals surface area contributed by atoms with E-state index in [1.54, 1.807) is 14.2 Å². The molecule has 0 heterocycles. The highest BCUT2D eigenvalue weighted by Gasteiger charge is 2.35. The predicted octanol–water partition coefficient (Wildman–Crippen LogP) is 3.26. The van der Waals surface area contributed by atoms with Gasteiger partial charge in [0, 0.05) is 17.5 Å². The number of aliphatic hydroxyl groups excluding tert-OH is 1. The fourth-order valence-corrected chi connectivity index (χ4v) is 3.61. The van der Waals surface area contributed by atoms with E-state index in [-0.39, 0.29) is 17.6 Å². The molecule has 1 aliphatic carbocycles. The van der Waals surface area contributed by atoms with Crippen LogP contribution in [-0.2, 0) is 0 Å². The van der Waals surface area contributed by atoms with Gasteiger partial charge in [0.05, 0.1) is 32.9 Å². The Morgan fingerprint density at radius 2 is 2.11 bits per heavy atom. The SMILES string of the molecule is CCNC(=NCC1(C)CCCCC1O)NC(C)c1cc(OC)ccc1OC. The third-order valence-corrected chi connectivity index (χ3v) is 5.48. The topological polar surface area (TPSA) is 75.1 Å². The van der Waals surface area contributed by atoms with Crippen molar-refractivity contribution in [2.45, 2.75) is 58.6 Å². The number of rotatable bonds is 7. The zero-order valence-corrected chi connectivity index (χ0v) is 17.3. The van der Waals surface area contributed by atoms with Crippen molar-refractivity contribution >= 4 is 5.96 Å². The highest BCUT2D eigenvalue weighted by molar-refractivity contribution is 5.80. The molecule has 3 atom stereocenters. The molecule has 0 aromatic heterocycles. The Morgan fingerprint density at radius 3 is 2.74 bits per heavy atom. The molecule has 0 radical (unpaired) electrons. The van der Waals surface area contributed by atoms with Gasteiger partial charge in [0.1, 0.15) is 11.5 Å². The van der Waals surface area contributed by atoms with E-state index < -0.39 is 0 Å². The van der Waals surface area contributed by atoms with E-state index in [2.05, 4.69) is 24.5 Å². The summed E-state index contributed by atoms with van der Waals surface area (Å²) >= 11 is 0. The van der Waals surface area contributed by atoms with Crippen molar-refractivity contribution in [1.82, 2.24) is 10.6 Å². The molecule has 0 amide bonds. The standard InChI is InChI=1S/C21H35N3O3/c1-6-22-20(23-14-21(3)12-8-7-9-19(21)25)24-15(2)17-13-16(26-4)10-11-18(17)27-5/h10-11,13,15,19,25H,6-9,12,14H2,1-5H3,(H2,22,23,24). The van der Waals surface area contributed by atoms with Crippen LogP contribution in [0.5, 0.6) is 11.5 Å². The minimum Gasteiger partial charge on any atom is -0.497 e. The predicted molar refractivity (Wildman–Crippen MR) is 110 cm³/mol. The number of guanidine groups is 1. The van der Waals surface area contributed by atoms with E-state index in [0.29, 0.717) is 6.54 Å². The van der Waals surface area contributed by atoms with Gasteiger partial charge in [-0.25, -0.2) is 0 Å². The first-order chi connectivity index (χ1) is 12.9. The Kier molecular flexibility index (Phi) is 7.78. The first-order valence-electron chi connectivity index (χ1n) is 9.88. The van der Waals surface area contributed by atoms with Crippen LogP contribution in [0, 0.1) is 5.41 Å². The van der Waals surface area contributed by atoms with E-state index in [0.717, 1.165) is 55.3 Å². The molecule has 0 saturated heterocycles. The van der Waals surface area contributed by atoms with Crippen LogP contribution < -0.4 is 20.1 Å². The lowest BCUT2D eigenvalue weighted by Gasteiger charge is -2.37. The Hall–Kier alpha value is -1.95. The van der Waals surface area contributed by atoms with E-state index in [1.807, 2.05) is 25.1 Å². The fourth-order valence-electron chi connectivity index (χ4n) is 3.61. The fraction of sp³-hybridized carbons (Fsp3) is 0.667. The number of aliphatic hydroxyl groups is 1. The molecule has 0 spiro atoms. The highest BCUT2D eigenvalue weighted by Crippen LogP contribution is 2.36. The lowest BCUT2D eigenvalue weighted by Crippen LogP contribution is -2.42. The molecular weight excluding hydrogens is 342 g/mol. The summed E-state index contributed by atoms with van der Waals surface area (Å²) in [6.07, 6.45) is 3.86. The maximum absolute atomic E-state index is 10.4. The number of aliphatic imine (C=N–C) groups is 1. The Morgan fingerprint density at radius 1 is 1.33 bits per heavy atom. The zero-order chi connectivity index (χ0) is 19.9. The second kappa shape index (κ2) is 9.83. The second-order valence-electron chi connectivity index (χ2n) is 7.58. The van der Waals surface area contributed by atoms with Crippen LogP contribution >= 0.6 is 0 Å². The van der Waals surface area contributed by atoms with Crippen LogP contribution in [0.1, 0.15) is 58.1 Å². The summed E-state index contributed by atoms with van der Waals surface area (Å²) in [5, 5.41) is 17.2. The molecule has 1 aromatic carbocycles. The van der Waals surface area contributed by atoms with E-state index in [9.17, 15) is 5.11 Å². The number of benzene rings is 1. The van der Waals surface area contributed by atoms with Gasteiger partial charge in [-0.05, 0) is 44.9 Å². The first-order valence-corrected chi connectivity index (χ1v) is 9.88. The third-order valence-electron chi connectivity index (χ3n) is 5.48. The number of methoxy groups -OCH3 is 2. The average Bonchev–Trinajstić information content (AvgIpc) is 2.68. The maximum atomic E-state index is 10.4.